The van der Waals surface area contributed by atoms with Crippen LogP contribution >= 0.6 is 0 Å². The van der Waals surface area contributed by atoms with Gasteiger partial charge in [-0.05, 0) is 174 Å². The van der Waals surface area contributed by atoms with E-state index in [9.17, 15) is 0 Å². The smallest absolute Gasteiger partial charge is 0.0546 e. The molecule has 0 heterocycles. The normalized spacial score (nSPS) is 22.1. The van der Waals surface area contributed by atoms with Gasteiger partial charge in [0.2, 0.25) is 0 Å². The average molecular weight is 872 g/mol. The number of nitrogens with zero attached hydrogens (tertiary/aromatic N) is 1. The summed E-state index contributed by atoms with van der Waals surface area (Å²) >= 11 is 0. The van der Waals surface area contributed by atoms with Crippen LogP contribution in [0.3, 0.4) is 0 Å². The monoisotopic (exact) mass is 871 g/mol. The van der Waals surface area contributed by atoms with Crippen LogP contribution in [0.4, 0.5) is 17.1 Å². The first-order valence-corrected chi connectivity index (χ1v) is 25.3. The molecular formula is C67H53N. The van der Waals surface area contributed by atoms with Gasteiger partial charge in [-0.1, -0.05) is 184 Å². The van der Waals surface area contributed by atoms with Crippen LogP contribution in [0.2, 0.25) is 0 Å². The molecule has 6 aliphatic rings. The van der Waals surface area contributed by atoms with Gasteiger partial charge < -0.3 is 4.90 Å². The highest BCUT2D eigenvalue weighted by Crippen LogP contribution is 2.70. The Morgan fingerprint density at radius 2 is 0.926 bits per heavy atom. The van der Waals surface area contributed by atoms with Crippen LogP contribution < -0.4 is 4.90 Å². The van der Waals surface area contributed by atoms with Crippen LogP contribution in [0.15, 0.2) is 200 Å². The second-order valence-corrected chi connectivity index (χ2v) is 21.6. The summed E-state index contributed by atoms with van der Waals surface area (Å²) in [6.45, 7) is 4.88. The van der Waals surface area contributed by atoms with Gasteiger partial charge in [-0.3, -0.25) is 0 Å². The minimum absolute atomic E-state index is 0.157. The van der Waals surface area contributed by atoms with Crippen molar-refractivity contribution in [1.29, 1.82) is 0 Å². The second-order valence-electron chi connectivity index (χ2n) is 21.6. The molecule has 0 aromatic heterocycles. The fourth-order valence-electron chi connectivity index (χ4n) is 15.5. The van der Waals surface area contributed by atoms with E-state index >= 15 is 0 Å². The molecule has 10 aromatic carbocycles. The first kappa shape index (κ1) is 38.8. The lowest BCUT2D eigenvalue weighted by Crippen LogP contribution is -2.55. The van der Waals surface area contributed by atoms with Crippen LogP contribution in [0.25, 0.3) is 76.8 Å². The molecule has 6 aliphatic carbocycles. The molecule has 4 fully saturated rings. The van der Waals surface area contributed by atoms with Crippen molar-refractivity contribution >= 4 is 49.4 Å². The van der Waals surface area contributed by atoms with Crippen LogP contribution in [0.5, 0.6) is 0 Å². The van der Waals surface area contributed by atoms with Crippen LogP contribution in [0.1, 0.15) is 68.2 Å². The number of hydrogen-bond donors (Lipinski definition) is 0. The number of hydrogen-bond acceptors (Lipinski definition) is 1. The Morgan fingerprint density at radius 3 is 1.72 bits per heavy atom. The SMILES string of the molecule is CC1(C)c2cccc(-c3ccc4c(c3)-c3ccccc3C43C4CC5CC(C4)CC3C5)c2-c2c(N(c3ccc(-c4cccc5ccccc45)cc3)c3cc4ccccc4c4ccccc34)cccc21. The quantitative estimate of drug-likeness (QED) is 0.156. The highest BCUT2D eigenvalue weighted by atomic mass is 15.1. The van der Waals surface area contributed by atoms with Gasteiger partial charge in [-0.25, -0.2) is 0 Å². The fraction of sp³-hybridized carbons (Fsp3) is 0.194. The van der Waals surface area contributed by atoms with Crippen molar-refractivity contribution in [3.05, 3.63) is 222 Å². The fourth-order valence-corrected chi connectivity index (χ4v) is 15.5. The highest BCUT2D eigenvalue weighted by molar-refractivity contribution is 6.15. The summed E-state index contributed by atoms with van der Waals surface area (Å²) in [5, 5.41) is 7.55. The van der Waals surface area contributed by atoms with E-state index in [0.717, 1.165) is 29.4 Å². The molecule has 0 aliphatic heterocycles. The summed E-state index contributed by atoms with van der Waals surface area (Å²) in [4.78, 5) is 2.58. The molecule has 10 aromatic rings. The third-order valence-electron chi connectivity index (χ3n) is 18.0. The third kappa shape index (κ3) is 5.23. The molecule has 68 heavy (non-hydrogen) atoms. The van der Waals surface area contributed by atoms with Crippen molar-refractivity contribution in [3.8, 4) is 44.5 Å². The first-order chi connectivity index (χ1) is 33.4. The van der Waals surface area contributed by atoms with Crippen LogP contribution in [0, 0.1) is 23.7 Å². The molecule has 0 saturated heterocycles. The molecule has 4 bridgehead atoms. The average Bonchev–Trinajstić information content (AvgIpc) is 3.81. The Morgan fingerprint density at radius 1 is 0.368 bits per heavy atom. The van der Waals surface area contributed by atoms with E-state index < -0.39 is 0 Å². The first-order valence-electron chi connectivity index (χ1n) is 25.3. The van der Waals surface area contributed by atoms with Gasteiger partial charge in [0.05, 0.1) is 11.4 Å². The van der Waals surface area contributed by atoms with Crippen LogP contribution in [-0.4, -0.2) is 0 Å². The molecule has 0 atom stereocenters. The molecule has 0 N–H and O–H groups in total. The van der Waals surface area contributed by atoms with Crippen molar-refractivity contribution < 1.29 is 0 Å². The number of fused-ring (bicyclic) bond motifs is 10. The topological polar surface area (TPSA) is 3.24 Å². The summed E-state index contributed by atoms with van der Waals surface area (Å²) in [5.74, 6) is 3.36. The molecule has 0 amide bonds. The van der Waals surface area contributed by atoms with Crippen molar-refractivity contribution in [2.24, 2.45) is 23.7 Å². The molecule has 1 heteroatoms. The van der Waals surface area contributed by atoms with Gasteiger partial charge in [-0.2, -0.15) is 0 Å². The summed E-state index contributed by atoms with van der Waals surface area (Å²) in [5.41, 5.74) is 20.2. The maximum absolute atomic E-state index is 2.61. The molecule has 0 radical (unpaired) electrons. The minimum atomic E-state index is -0.209. The lowest BCUT2D eigenvalue weighted by atomic mass is 9.43. The zero-order chi connectivity index (χ0) is 44.9. The second kappa shape index (κ2) is 14.2. The van der Waals surface area contributed by atoms with E-state index in [1.165, 1.54) is 131 Å². The molecule has 16 rings (SSSR count). The van der Waals surface area contributed by atoms with E-state index in [4.69, 9.17) is 0 Å². The van der Waals surface area contributed by atoms with Gasteiger partial charge in [0.1, 0.15) is 0 Å². The van der Waals surface area contributed by atoms with Crippen LogP contribution in [-0.2, 0) is 10.8 Å². The Hall–Kier alpha value is -7.22. The highest BCUT2D eigenvalue weighted by Gasteiger charge is 2.61. The Bertz CT molecular complexity index is 3700. The molecule has 326 valence electrons. The predicted molar refractivity (Wildman–Crippen MR) is 285 cm³/mol. The standard InChI is InChI=1S/C67H53N/c1-66(2)60-25-12-23-53(46-30-33-59-57(39-46)55-20-9-10-24-58(55)67(59)47-35-41-34-42(37-47)38-48(67)36-41)64(60)65-61(66)26-13-27-62(65)68(63-40-45-15-4-6-18-52(45)54-19-7-8-21-56(54)63)49-31-28-44(29-32-49)51-22-11-16-43-14-3-5-17-50(43)51/h3-33,39-42,47-48H,34-38H2,1-2H3. The number of benzene rings is 10. The maximum atomic E-state index is 2.61. The van der Waals surface area contributed by atoms with E-state index in [1.807, 2.05) is 0 Å². The van der Waals surface area contributed by atoms with Gasteiger partial charge in [0, 0.05) is 27.5 Å². The van der Waals surface area contributed by atoms with Crippen molar-refractivity contribution in [1.82, 2.24) is 0 Å². The summed E-state index contributed by atoms with van der Waals surface area (Å²) in [7, 11) is 0. The van der Waals surface area contributed by atoms with Crippen molar-refractivity contribution in [2.45, 2.75) is 56.8 Å². The summed E-state index contributed by atoms with van der Waals surface area (Å²) < 4.78 is 0. The van der Waals surface area contributed by atoms with E-state index in [0.29, 0.717) is 0 Å². The molecule has 0 unspecified atom stereocenters. The van der Waals surface area contributed by atoms with Crippen molar-refractivity contribution in [3.63, 3.8) is 0 Å². The van der Waals surface area contributed by atoms with Gasteiger partial charge in [0.25, 0.3) is 0 Å². The van der Waals surface area contributed by atoms with Gasteiger partial charge >= 0.3 is 0 Å². The van der Waals surface area contributed by atoms with E-state index in [2.05, 4.69) is 219 Å². The minimum Gasteiger partial charge on any atom is -0.309 e. The van der Waals surface area contributed by atoms with E-state index in [1.54, 1.807) is 11.1 Å². The molecule has 4 saturated carbocycles. The lowest BCUT2D eigenvalue weighted by Gasteiger charge is -2.61. The molecule has 1 nitrogen and oxygen atoms in total. The Balaban J connectivity index is 0.951. The largest absolute Gasteiger partial charge is 0.309 e. The molecular weight excluding hydrogens is 819 g/mol. The Kier molecular flexibility index (Phi) is 8.09. The summed E-state index contributed by atoms with van der Waals surface area (Å²) in [6.07, 6.45) is 7.08. The van der Waals surface area contributed by atoms with Gasteiger partial charge in [0.15, 0.2) is 0 Å². The zero-order valence-corrected chi connectivity index (χ0v) is 38.8. The van der Waals surface area contributed by atoms with E-state index in [-0.39, 0.29) is 10.8 Å². The third-order valence-corrected chi connectivity index (χ3v) is 18.0. The number of rotatable bonds is 5. The zero-order valence-electron chi connectivity index (χ0n) is 38.8. The Labute approximate surface area is 399 Å². The van der Waals surface area contributed by atoms with Gasteiger partial charge in [-0.15, -0.1) is 0 Å². The lowest BCUT2D eigenvalue weighted by molar-refractivity contribution is -0.0399. The summed E-state index contributed by atoms with van der Waals surface area (Å²) in [6, 6.07) is 76.6. The van der Waals surface area contributed by atoms with Crippen molar-refractivity contribution in [2.75, 3.05) is 4.90 Å². The number of anilines is 3. The molecule has 1 spiro atoms. The maximum Gasteiger partial charge on any atom is 0.0546 e. The predicted octanol–water partition coefficient (Wildman–Crippen LogP) is 18.0.